The lowest BCUT2D eigenvalue weighted by molar-refractivity contribution is 0.0698. The lowest BCUT2D eigenvalue weighted by atomic mass is 10.2. The second-order valence-corrected chi connectivity index (χ2v) is 3.10. The number of oxazole rings is 1. The third-order valence-corrected chi connectivity index (χ3v) is 1.96. The Bertz CT molecular complexity index is 477. The monoisotopic (exact) mass is 241 g/mol. The number of hydrogen-bond donors (Lipinski definition) is 1. The van der Waals surface area contributed by atoms with Gasteiger partial charge in [0.1, 0.15) is 11.1 Å². The van der Waals surface area contributed by atoms with E-state index in [1.165, 1.54) is 6.07 Å². The molecule has 1 heterocycles. The zero-order valence-electron chi connectivity index (χ0n) is 6.32. The molecule has 0 saturated heterocycles. The number of benzene rings is 1. The second kappa shape index (κ2) is 2.85. The van der Waals surface area contributed by atoms with Crippen LogP contribution in [0.2, 0.25) is 0 Å². The van der Waals surface area contributed by atoms with Crippen molar-refractivity contribution in [2.45, 2.75) is 0 Å². The van der Waals surface area contributed by atoms with E-state index in [1.54, 1.807) is 12.1 Å². The minimum Gasteiger partial charge on any atom is -0.478 e. The molecule has 13 heavy (non-hydrogen) atoms. The molecule has 0 bridgehead atoms. The van der Waals surface area contributed by atoms with Gasteiger partial charge in [-0.25, -0.2) is 9.78 Å². The highest BCUT2D eigenvalue weighted by Crippen LogP contribution is 2.22. The summed E-state index contributed by atoms with van der Waals surface area (Å²) in [6.45, 7) is 0. The van der Waals surface area contributed by atoms with E-state index in [2.05, 4.69) is 20.9 Å². The molecule has 2 aromatic rings. The van der Waals surface area contributed by atoms with Crippen LogP contribution in [-0.2, 0) is 0 Å². The van der Waals surface area contributed by atoms with Crippen molar-refractivity contribution >= 4 is 33.0 Å². The van der Waals surface area contributed by atoms with Crippen molar-refractivity contribution in [2.75, 3.05) is 0 Å². The largest absolute Gasteiger partial charge is 0.478 e. The molecule has 0 atom stereocenters. The van der Waals surface area contributed by atoms with Gasteiger partial charge in [0, 0.05) is 15.9 Å². The molecule has 1 aromatic heterocycles. The molecule has 0 aliphatic heterocycles. The topological polar surface area (TPSA) is 63.3 Å². The normalized spacial score (nSPS) is 10.5. The van der Waals surface area contributed by atoms with E-state index in [1.807, 2.05) is 0 Å². The van der Waals surface area contributed by atoms with Crippen molar-refractivity contribution in [1.29, 1.82) is 0 Å². The smallest absolute Gasteiger partial charge is 0.339 e. The Morgan fingerprint density at radius 1 is 1.54 bits per heavy atom. The molecular formula is C8H4BrNO3. The molecular weight excluding hydrogens is 238 g/mol. The molecule has 1 N–H and O–H groups in total. The van der Waals surface area contributed by atoms with E-state index in [-0.39, 0.29) is 10.4 Å². The Hall–Kier alpha value is -1.36. The average molecular weight is 242 g/mol. The van der Waals surface area contributed by atoms with Gasteiger partial charge in [0.25, 0.3) is 4.80 Å². The summed E-state index contributed by atoms with van der Waals surface area (Å²) < 4.78 is 5.09. The zero-order chi connectivity index (χ0) is 9.42. The van der Waals surface area contributed by atoms with Crippen LogP contribution in [0.1, 0.15) is 10.4 Å². The number of halogens is 1. The third kappa shape index (κ3) is 1.31. The van der Waals surface area contributed by atoms with Crippen LogP contribution in [0.5, 0.6) is 0 Å². The predicted molar refractivity (Wildman–Crippen MR) is 48.7 cm³/mol. The van der Waals surface area contributed by atoms with E-state index < -0.39 is 5.97 Å². The fourth-order valence-corrected chi connectivity index (χ4v) is 1.44. The van der Waals surface area contributed by atoms with Gasteiger partial charge < -0.3 is 9.52 Å². The van der Waals surface area contributed by atoms with E-state index in [4.69, 9.17) is 9.52 Å². The van der Waals surface area contributed by atoms with Crippen LogP contribution in [0.15, 0.2) is 27.4 Å². The number of carbonyl (C=O) groups is 1. The number of fused-ring (bicyclic) bond motifs is 1. The fraction of sp³-hybridized carbons (Fsp3) is 0. The standard InChI is InChI=1S/C8H4BrNO3/c9-8-10-5-3-1-2-4(7(11)12)6(5)13-8/h1-3H,(H,11,12). The molecule has 0 saturated carbocycles. The van der Waals surface area contributed by atoms with Crippen LogP contribution >= 0.6 is 15.9 Å². The lowest BCUT2D eigenvalue weighted by Crippen LogP contribution is -1.95. The zero-order valence-corrected chi connectivity index (χ0v) is 7.91. The summed E-state index contributed by atoms with van der Waals surface area (Å²) in [5.74, 6) is -1.02. The molecule has 0 unspecified atom stereocenters. The summed E-state index contributed by atoms with van der Waals surface area (Å²) in [6.07, 6.45) is 0. The van der Waals surface area contributed by atoms with Crippen molar-refractivity contribution < 1.29 is 14.3 Å². The number of aromatic nitrogens is 1. The maximum absolute atomic E-state index is 10.7. The quantitative estimate of drug-likeness (QED) is 0.833. The Balaban J connectivity index is 2.82. The molecule has 0 aliphatic carbocycles. The first-order chi connectivity index (χ1) is 6.18. The number of aromatic carboxylic acids is 1. The van der Waals surface area contributed by atoms with Gasteiger partial charge in [-0.2, -0.15) is 0 Å². The van der Waals surface area contributed by atoms with Gasteiger partial charge in [0.2, 0.25) is 0 Å². The van der Waals surface area contributed by atoms with Crippen LogP contribution in [0.4, 0.5) is 0 Å². The molecule has 5 heteroatoms. The Labute approximate surface area is 81.3 Å². The first kappa shape index (κ1) is 8.25. The molecule has 0 aliphatic rings. The highest BCUT2D eigenvalue weighted by atomic mass is 79.9. The van der Waals surface area contributed by atoms with Crippen LogP contribution < -0.4 is 0 Å². The SMILES string of the molecule is O=C(O)c1cccc2nc(Br)oc12. The third-order valence-electron chi connectivity index (χ3n) is 1.62. The minimum atomic E-state index is -1.02. The van der Waals surface area contributed by atoms with Crippen molar-refractivity contribution in [2.24, 2.45) is 0 Å². The average Bonchev–Trinajstić information content (AvgIpc) is 2.43. The van der Waals surface area contributed by atoms with Crippen LogP contribution in [0.3, 0.4) is 0 Å². The van der Waals surface area contributed by atoms with Gasteiger partial charge in [-0.1, -0.05) is 6.07 Å². The minimum absolute atomic E-state index is 0.121. The van der Waals surface area contributed by atoms with Crippen molar-refractivity contribution in [3.63, 3.8) is 0 Å². The highest BCUT2D eigenvalue weighted by molar-refractivity contribution is 9.10. The van der Waals surface area contributed by atoms with E-state index >= 15 is 0 Å². The molecule has 0 radical (unpaired) electrons. The van der Waals surface area contributed by atoms with Crippen molar-refractivity contribution in [1.82, 2.24) is 4.98 Å². The number of carboxylic acids is 1. The van der Waals surface area contributed by atoms with Gasteiger partial charge in [-0.15, -0.1) is 0 Å². The molecule has 2 rings (SSSR count). The predicted octanol–water partition coefficient (Wildman–Crippen LogP) is 2.29. The molecule has 0 amide bonds. The van der Waals surface area contributed by atoms with Gasteiger partial charge >= 0.3 is 5.97 Å². The van der Waals surface area contributed by atoms with E-state index in [0.29, 0.717) is 11.1 Å². The van der Waals surface area contributed by atoms with Gasteiger partial charge in [0.05, 0.1) is 0 Å². The van der Waals surface area contributed by atoms with Crippen LogP contribution in [0, 0.1) is 0 Å². The summed E-state index contributed by atoms with van der Waals surface area (Å²) in [5.41, 5.74) is 0.948. The van der Waals surface area contributed by atoms with E-state index in [0.717, 1.165) is 0 Å². The summed E-state index contributed by atoms with van der Waals surface area (Å²) in [7, 11) is 0. The Morgan fingerprint density at radius 3 is 3.00 bits per heavy atom. The number of para-hydroxylation sites is 1. The summed E-state index contributed by atoms with van der Waals surface area (Å²) >= 11 is 3.04. The Kier molecular flexibility index (Phi) is 1.81. The summed E-state index contributed by atoms with van der Waals surface area (Å²) in [6, 6.07) is 4.79. The van der Waals surface area contributed by atoms with Gasteiger partial charge in [-0.3, -0.25) is 0 Å². The van der Waals surface area contributed by atoms with Crippen LogP contribution in [-0.4, -0.2) is 16.1 Å². The van der Waals surface area contributed by atoms with Crippen LogP contribution in [0.25, 0.3) is 11.1 Å². The summed E-state index contributed by atoms with van der Waals surface area (Å²) in [4.78, 5) is 15.0. The maximum atomic E-state index is 10.7. The first-order valence-corrected chi connectivity index (χ1v) is 4.26. The number of rotatable bonds is 1. The van der Waals surface area contributed by atoms with Crippen molar-refractivity contribution in [3.8, 4) is 0 Å². The number of nitrogens with zero attached hydrogens (tertiary/aromatic N) is 1. The number of carboxylic acid groups (broad SMARTS) is 1. The van der Waals surface area contributed by atoms with Gasteiger partial charge in [-0.05, 0) is 12.1 Å². The molecule has 1 aromatic carbocycles. The fourth-order valence-electron chi connectivity index (χ4n) is 1.09. The molecule has 66 valence electrons. The maximum Gasteiger partial charge on any atom is 0.339 e. The van der Waals surface area contributed by atoms with Gasteiger partial charge in [0.15, 0.2) is 5.58 Å². The lowest BCUT2D eigenvalue weighted by Gasteiger charge is -1.92. The number of hydrogen-bond acceptors (Lipinski definition) is 3. The first-order valence-electron chi connectivity index (χ1n) is 3.47. The van der Waals surface area contributed by atoms with Crippen molar-refractivity contribution in [3.05, 3.63) is 28.6 Å². The molecule has 0 fully saturated rings. The molecule has 0 spiro atoms. The Morgan fingerprint density at radius 2 is 2.31 bits per heavy atom. The van der Waals surface area contributed by atoms with E-state index in [9.17, 15) is 4.79 Å². The molecule has 4 nitrogen and oxygen atoms in total. The highest BCUT2D eigenvalue weighted by Gasteiger charge is 2.12. The summed E-state index contributed by atoms with van der Waals surface area (Å²) in [5, 5.41) is 8.79. The second-order valence-electron chi connectivity index (χ2n) is 2.43.